The van der Waals surface area contributed by atoms with Gasteiger partial charge in [0.2, 0.25) is 6.79 Å². The second-order valence-corrected chi connectivity index (χ2v) is 5.27. The van der Waals surface area contributed by atoms with Gasteiger partial charge in [-0.05, 0) is 33.6 Å². The lowest BCUT2D eigenvalue weighted by molar-refractivity contribution is 0.173. The molecular formula is C13H14BrN3O2. The lowest BCUT2D eigenvalue weighted by atomic mass is 10.2. The van der Waals surface area contributed by atoms with Crippen molar-refractivity contribution in [3.63, 3.8) is 0 Å². The average molecular weight is 324 g/mol. The number of imidazole rings is 1. The molecule has 100 valence electrons. The number of hydrogen-bond donors (Lipinski definition) is 1. The Hall–Kier alpha value is -1.53. The Kier molecular flexibility index (Phi) is 3.44. The third-order valence-corrected chi connectivity index (χ3v) is 3.63. The number of ether oxygens (including phenoxy) is 2. The van der Waals surface area contributed by atoms with Crippen LogP contribution in [0.1, 0.15) is 11.3 Å². The minimum Gasteiger partial charge on any atom is -0.454 e. The van der Waals surface area contributed by atoms with Crippen molar-refractivity contribution < 1.29 is 9.47 Å². The zero-order valence-electron chi connectivity index (χ0n) is 10.5. The van der Waals surface area contributed by atoms with E-state index in [-0.39, 0.29) is 0 Å². The highest BCUT2D eigenvalue weighted by molar-refractivity contribution is 9.10. The second kappa shape index (κ2) is 5.22. The second-order valence-electron chi connectivity index (χ2n) is 4.41. The molecule has 3 rings (SSSR count). The highest BCUT2D eigenvalue weighted by atomic mass is 79.9. The number of nitrogens with one attached hydrogen (secondary N) is 1. The van der Waals surface area contributed by atoms with E-state index >= 15 is 0 Å². The van der Waals surface area contributed by atoms with Crippen molar-refractivity contribution >= 4 is 15.9 Å². The Balaban J connectivity index is 1.65. The van der Waals surface area contributed by atoms with Gasteiger partial charge in [-0.1, -0.05) is 0 Å². The molecule has 1 N–H and O–H groups in total. The Morgan fingerprint density at radius 1 is 1.37 bits per heavy atom. The zero-order chi connectivity index (χ0) is 13.2. The van der Waals surface area contributed by atoms with Crippen LogP contribution in [0.25, 0.3) is 0 Å². The van der Waals surface area contributed by atoms with E-state index in [4.69, 9.17) is 9.47 Å². The Bertz CT molecular complexity index is 598. The van der Waals surface area contributed by atoms with Gasteiger partial charge in [-0.15, -0.1) is 0 Å². The summed E-state index contributed by atoms with van der Waals surface area (Å²) in [4.78, 5) is 4.09. The SMILES string of the molecule is Cn1cncc1CNCc1cc(Br)c2c(c1)OCO2. The molecule has 0 bridgehead atoms. The molecule has 1 aromatic heterocycles. The van der Waals surface area contributed by atoms with Gasteiger partial charge in [-0.2, -0.15) is 0 Å². The first-order chi connectivity index (χ1) is 9.24. The molecule has 5 nitrogen and oxygen atoms in total. The van der Waals surface area contributed by atoms with Gasteiger partial charge < -0.3 is 19.4 Å². The van der Waals surface area contributed by atoms with E-state index in [9.17, 15) is 0 Å². The molecule has 2 aromatic rings. The van der Waals surface area contributed by atoms with E-state index in [0.29, 0.717) is 6.79 Å². The first-order valence-corrected chi connectivity index (χ1v) is 6.77. The third kappa shape index (κ3) is 2.59. The molecule has 19 heavy (non-hydrogen) atoms. The summed E-state index contributed by atoms with van der Waals surface area (Å²) < 4.78 is 13.7. The van der Waals surface area contributed by atoms with E-state index in [1.807, 2.05) is 29.9 Å². The molecule has 0 unspecified atom stereocenters. The molecule has 0 saturated heterocycles. The van der Waals surface area contributed by atoms with Crippen LogP contribution in [0.5, 0.6) is 11.5 Å². The van der Waals surface area contributed by atoms with Crippen LogP contribution in [-0.4, -0.2) is 16.3 Å². The van der Waals surface area contributed by atoms with Crippen LogP contribution >= 0.6 is 15.9 Å². The standard InChI is InChI=1S/C13H14BrN3O2/c1-17-7-16-6-10(17)5-15-4-9-2-11(14)13-12(3-9)18-8-19-13/h2-3,6-7,15H,4-5,8H2,1H3. The van der Waals surface area contributed by atoms with Crippen LogP contribution in [0.15, 0.2) is 29.1 Å². The van der Waals surface area contributed by atoms with Gasteiger partial charge in [-0.3, -0.25) is 0 Å². The predicted octanol–water partition coefficient (Wildman–Crippen LogP) is 2.20. The normalized spacial score (nSPS) is 12.9. The van der Waals surface area contributed by atoms with Crippen LogP contribution in [-0.2, 0) is 20.1 Å². The quantitative estimate of drug-likeness (QED) is 0.937. The maximum absolute atomic E-state index is 5.40. The molecule has 2 heterocycles. The van der Waals surface area contributed by atoms with E-state index in [2.05, 4.69) is 26.2 Å². The van der Waals surface area contributed by atoms with Gasteiger partial charge in [0, 0.05) is 26.3 Å². The molecule has 0 fully saturated rings. The molecule has 0 aliphatic carbocycles. The monoisotopic (exact) mass is 323 g/mol. The number of halogens is 1. The maximum atomic E-state index is 5.40. The number of nitrogens with zero attached hydrogens (tertiary/aromatic N) is 2. The third-order valence-electron chi connectivity index (χ3n) is 3.04. The summed E-state index contributed by atoms with van der Waals surface area (Å²) >= 11 is 3.49. The summed E-state index contributed by atoms with van der Waals surface area (Å²) in [5.74, 6) is 1.59. The van der Waals surface area contributed by atoms with Gasteiger partial charge >= 0.3 is 0 Å². The molecule has 1 aromatic carbocycles. The van der Waals surface area contributed by atoms with Crippen molar-refractivity contribution in [2.24, 2.45) is 7.05 Å². The van der Waals surface area contributed by atoms with Crippen molar-refractivity contribution in [3.05, 3.63) is 40.4 Å². The number of aryl methyl sites for hydroxylation is 1. The van der Waals surface area contributed by atoms with Crippen LogP contribution in [0, 0.1) is 0 Å². The van der Waals surface area contributed by atoms with Gasteiger partial charge in [0.1, 0.15) is 0 Å². The fraction of sp³-hybridized carbons (Fsp3) is 0.308. The van der Waals surface area contributed by atoms with Gasteiger partial charge in [0.15, 0.2) is 11.5 Å². The average Bonchev–Trinajstić information content (AvgIpc) is 2.99. The number of rotatable bonds is 4. The zero-order valence-corrected chi connectivity index (χ0v) is 12.1. The molecular weight excluding hydrogens is 310 g/mol. The molecule has 1 aliphatic heterocycles. The van der Waals surface area contributed by atoms with Gasteiger partial charge in [0.25, 0.3) is 0 Å². The highest BCUT2D eigenvalue weighted by Gasteiger charge is 2.17. The van der Waals surface area contributed by atoms with Crippen LogP contribution in [0.2, 0.25) is 0 Å². The number of hydrogen-bond acceptors (Lipinski definition) is 4. The lowest BCUT2D eigenvalue weighted by Gasteiger charge is -2.07. The van der Waals surface area contributed by atoms with E-state index in [1.54, 1.807) is 6.33 Å². The largest absolute Gasteiger partial charge is 0.454 e. The molecule has 0 atom stereocenters. The molecule has 6 heteroatoms. The van der Waals surface area contributed by atoms with Crippen molar-refractivity contribution in [3.8, 4) is 11.5 Å². The molecule has 0 amide bonds. The van der Waals surface area contributed by atoms with Crippen molar-refractivity contribution in [1.29, 1.82) is 0 Å². The van der Waals surface area contributed by atoms with Crippen molar-refractivity contribution in [2.45, 2.75) is 13.1 Å². The van der Waals surface area contributed by atoms with E-state index in [0.717, 1.165) is 40.3 Å². The lowest BCUT2D eigenvalue weighted by Crippen LogP contribution is -2.14. The summed E-state index contributed by atoms with van der Waals surface area (Å²) in [5.41, 5.74) is 2.30. The summed E-state index contributed by atoms with van der Waals surface area (Å²) in [6.07, 6.45) is 3.66. The number of benzene rings is 1. The molecule has 0 radical (unpaired) electrons. The Morgan fingerprint density at radius 2 is 2.26 bits per heavy atom. The maximum Gasteiger partial charge on any atom is 0.231 e. The van der Waals surface area contributed by atoms with Gasteiger partial charge in [0.05, 0.1) is 16.5 Å². The minimum atomic E-state index is 0.292. The summed E-state index contributed by atoms with van der Waals surface area (Å²) in [5, 5.41) is 3.39. The van der Waals surface area contributed by atoms with Crippen LogP contribution < -0.4 is 14.8 Å². The Labute approximate surface area is 119 Å². The first-order valence-electron chi connectivity index (χ1n) is 5.98. The fourth-order valence-electron chi connectivity index (χ4n) is 2.01. The van der Waals surface area contributed by atoms with E-state index < -0.39 is 0 Å². The summed E-state index contributed by atoms with van der Waals surface area (Å²) in [7, 11) is 1.99. The molecule has 0 saturated carbocycles. The molecule has 1 aliphatic rings. The number of fused-ring (bicyclic) bond motifs is 1. The topological polar surface area (TPSA) is 48.3 Å². The van der Waals surface area contributed by atoms with Crippen LogP contribution in [0.4, 0.5) is 0 Å². The summed E-state index contributed by atoms with van der Waals surface area (Å²) in [6.45, 7) is 1.84. The highest BCUT2D eigenvalue weighted by Crippen LogP contribution is 2.39. The van der Waals surface area contributed by atoms with Crippen molar-refractivity contribution in [2.75, 3.05) is 6.79 Å². The fourth-order valence-corrected chi connectivity index (χ4v) is 2.62. The van der Waals surface area contributed by atoms with Gasteiger partial charge in [-0.25, -0.2) is 4.98 Å². The smallest absolute Gasteiger partial charge is 0.231 e. The number of aromatic nitrogens is 2. The van der Waals surface area contributed by atoms with Crippen molar-refractivity contribution in [1.82, 2.24) is 14.9 Å². The Morgan fingerprint density at radius 3 is 3.05 bits per heavy atom. The summed E-state index contributed by atoms with van der Waals surface area (Å²) in [6, 6.07) is 4.05. The first kappa shape index (κ1) is 12.5. The predicted molar refractivity (Wildman–Crippen MR) is 74.0 cm³/mol. The molecule has 0 spiro atoms. The minimum absolute atomic E-state index is 0.292. The van der Waals surface area contributed by atoms with Crippen LogP contribution in [0.3, 0.4) is 0 Å². The van der Waals surface area contributed by atoms with E-state index in [1.165, 1.54) is 0 Å².